The summed E-state index contributed by atoms with van der Waals surface area (Å²) in [6, 6.07) is 5.67. The maximum Gasteiger partial charge on any atom is 0.410 e. The summed E-state index contributed by atoms with van der Waals surface area (Å²) in [5, 5.41) is 7.08. The Hall–Kier alpha value is -2.90. The van der Waals surface area contributed by atoms with Gasteiger partial charge >= 0.3 is 6.09 Å². The summed E-state index contributed by atoms with van der Waals surface area (Å²) >= 11 is 0. The highest BCUT2D eigenvalue weighted by molar-refractivity contribution is 5.78. The maximum atomic E-state index is 12.4. The Balaban J connectivity index is 1.73. The second-order valence-electron chi connectivity index (χ2n) is 8.69. The number of nitrogens with one attached hydrogen (secondary N) is 1. The minimum atomic E-state index is -0.500. The summed E-state index contributed by atoms with van der Waals surface area (Å²) in [5.74, 6) is 2.04. The lowest BCUT2D eigenvalue weighted by atomic mass is 9.99. The highest BCUT2D eigenvalue weighted by atomic mass is 16.6. The molecule has 1 aromatic carbocycles. The zero-order chi connectivity index (χ0) is 21.9. The first kappa shape index (κ1) is 21.8. The van der Waals surface area contributed by atoms with Crippen molar-refractivity contribution in [1.82, 2.24) is 15.1 Å². The summed E-state index contributed by atoms with van der Waals surface area (Å²) in [6.45, 7) is 9.36. The van der Waals surface area contributed by atoms with Crippen molar-refractivity contribution < 1.29 is 19.0 Å². The molecule has 1 aliphatic heterocycles. The fourth-order valence-corrected chi connectivity index (χ4v) is 3.60. The van der Waals surface area contributed by atoms with Crippen molar-refractivity contribution in [2.45, 2.75) is 46.1 Å². The highest BCUT2D eigenvalue weighted by Gasteiger charge is 2.28. The number of nitrogens with zero attached hydrogens (tertiary/aromatic N) is 2. The normalized spacial score (nSPS) is 17.0. The number of rotatable bonds is 5. The van der Waals surface area contributed by atoms with Crippen LogP contribution in [0.25, 0.3) is 11.3 Å². The van der Waals surface area contributed by atoms with Gasteiger partial charge in [0.05, 0.1) is 25.0 Å². The first-order valence-electron chi connectivity index (χ1n) is 10.3. The van der Waals surface area contributed by atoms with Gasteiger partial charge in [0, 0.05) is 24.6 Å². The van der Waals surface area contributed by atoms with Gasteiger partial charge < -0.3 is 24.8 Å². The molecule has 0 bridgehead atoms. The van der Waals surface area contributed by atoms with Gasteiger partial charge in [-0.05, 0) is 52.7 Å². The van der Waals surface area contributed by atoms with Crippen LogP contribution >= 0.6 is 0 Å². The number of hydrogen-bond acceptors (Lipinski definition) is 6. The van der Waals surface area contributed by atoms with Gasteiger partial charge in [0.2, 0.25) is 0 Å². The predicted molar refractivity (Wildman–Crippen MR) is 116 cm³/mol. The van der Waals surface area contributed by atoms with Gasteiger partial charge in [-0.25, -0.2) is 4.79 Å². The van der Waals surface area contributed by atoms with E-state index >= 15 is 0 Å². The standard InChI is InChI=1S/C22H32N4O4/c1-14-19(24-25-20(14)23)18-16(28-5)9-6-10-17(18)29-13-15-8-7-11-26(12-15)21(27)30-22(2,3)4/h6,9-10,15H,7-8,11-13H2,1-5H3,(H3,23,24,25)/t15-/m0/s1. The number of carbonyl (C=O) groups excluding carboxylic acids is 1. The van der Waals surface area contributed by atoms with E-state index < -0.39 is 5.60 Å². The number of nitrogens with two attached hydrogens (primary N) is 1. The first-order valence-corrected chi connectivity index (χ1v) is 10.3. The van der Waals surface area contributed by atoms with Crippen molar-refractivity contribution in [3.63, 3.8) is 0 Å². The molecular formula is C22H32N4O4. The fourth-order valence-electron chi connectivity index (χ4n) is 3.60. The Bertz CT molecular complexity index is 888. The van der Waals surface area contributed by atoms with E-state index in [4.69, 9.17) is 19.9 Å². The van der Waals surface area contributed by atoms with Crippen molar-refractivity contribution in [1.29, 1.82) is 0 Å². The van der Waals surface area contributed by atoms with E-state index in [1.165, 1.54) is 0 Å². The van der Waals surface area contributed by atoms with E-state index in [0.29, 0.717) is 37.0 Å². The number of methoxy groups -OCH3 is 1. The maximum absolute atomic E-state index is 12.4. The molecule has 164 valence electrons. The van der Waals surface area contributed by atoms with Crippen molar-refractivity contribution in [3.05, 3.63) is 23.8 Å². The molecule has 0 radical (unpaired) electrons. The van der Waals surface area contributed by atoms with Crippen molar-refractivity contribution in [3.8, 4) is 22.8 Å². The monoisotopic (exact) mass is 416 g/mol. The number of aromatic amines is 1. The van der Waals surface area contributed by atoms with Gasteiger partial charge in [0.25, 0.3) is 0 Å². The molecule has 0 unspecified atom stereocenters. The third-order valence-corrected chi connectivity index (χ3v) is 5.15. The number of anilines is 1. The Morgan fingerprint density at radius 1 is 1.33 bits per heavy atom. The third-order valence-electron chi connectivity index (χ3n) is 5.15. The van der Waals surface area contributed by atoms with Crippen molar-refractivity contribution in [2.75, 3.05) is 32.5 Å². The molecule has 1 atom stereocenters. The molecule has 0 spiro atoms. The quantitative estimate of drug-likeness (QED) is 0.764. The number of nitrogen functional groups attached to an aromatic ring is 1. The molecule has 1 saturated heterocycles. The van der Waals surface area contributed by atoms with Crippen LogP contribution in [0.2, 0.25) is 0 Å². The Kier molecular flexibility index (Phi) is 6.43. The average Bonchev–Trinajstić information content (AvgIpc) is 3.03. The molecule has 1 fully saturated rings. The SMILES string of the molecule is COc1cccc(OC[C@H]2CCCN(C(=O)OC(C)(C)C)C2)c1-c1[nH]nc(N)c1C. The molecule has 30 heavy (non-hydrogen) atoms. The van der Waals surface area contributed by atoms with Gasteiger partial charge in [-0.1, -0.05) is 6.07 Å². The smallest absolute Gasteiger partial charge is 0.410 e. The summed E-state index contributed by atoms with van der Waals surface area (Å²) in [4.78, 5) is 14.2. The van der Waals surface area contributed by atoms with Crippen LogP contribution in [-0.4, -0.2) is 53.6 Å². The minimum absolute atomic E-state index is 0.221. The Morgan fingerprint density at radius 3 is 2.70 bits per heavy atom. The number of amides is 1. The van der Waals surface area contributed by atoms with Crippen molar-refractivity contribution in [2.24, 2.45) is 5.92 Å². The average molecular weight is 417 g/mol. The van der Waals surface area contributed by atoms with Crippen LogP contribution in [0.1, 0.15) is 39.2 Å². The Labute approximate surface area is 177 Å². The van der Waals surface area contributed by atoms with E-state index in [1.54, 1.807) is 12.0 Å². The van der Waals surface area contributed by atoms with E-state index in [1.807, 2.05) is 45.9 Å². The number of carbonyl (C=O) groups is 1. The van der Waals surface area contributed by atoms with Gasteiger partial charge in [-0.15, -0.1) is 0 Å². The highest BCUT2D eigenvalue weighted by Crippen LogP contribution is 2.40. The second-order valence-corrected chi connectivity index (χ2v) is 8.69. The molecule has 2 aromatic rings. The minimum Gasteiger partial charge on any atom is -0.496 e. The predicted octanol–water partition coefficient (Wildman–Crippen LogP) is 4.00. The van der Waals surface area contributed by atoms with Crippen LogP contribution in [0.3, 0.4) is 0 Å². The molecule has 1 aliphatic rings. The lowest BCUT2D eigenvalue weighted by Gasteiger charge is -2.34. The van der Waals surface area contributed by atoms with E-state index in [0.717, 1.165) is 29.7 Å². The lowest BCUT2D eigenvalue weighted by molar-refractivity contribution is 0.0139. The molecule has 3 rings (SSSR count). The Morgan fingerprint density at radius 2 is 2.07 bits per heavy atom. The number of likely N-dealkylation sites (tertiary alicyclic amines) is 1. The van der Waals surface area contributed by atoms with Gasteiger partial charge in [0.15, 0.2) is 0 Å². The van der Waals surface area contributed by atoms with Crippen LogP contribution < -0.4 is 15.2 Å². The number of H-pyrrole nitrogens is 1. The third kappa shape index (κ3) is 4.98. The largest absolute Gasteiger partial charge is 0.496 e. The zero-order valence-electron chi connectivity index (χ0n) is 18.4. The first-order chi connectivity index (χ1) is 14.2. The summed E-state index contributed by atoms with van der Waals surface area (Å²) in [6.07, 6.45) is 1.65. The number of aromatic nitrogens is 2. The van der Waals surface area contributed by atoms with Crippen LogP contribution in [0, 0.1) is 12.8 Å². The van der Waals surface area contributed by atoms with Gasteiger partial charge in [-0.2, -0.15) is 5.10 Å². The van der Waals surface area contributed by atoms with E-state index in [2.05, 4.69) is 10.2 Å². The number of piperidine rings is 1. The number of ether oxygens (including phenoxy) is 3. The summed E-state index contributed by atoms with van der Waals surface area (Å²) in [5.41, 5.74) is 7.84. The molecule has 2 heterocycles. The summed E-state index contributed by atoms with van der Waals surface area (Å²) < 4.78 is 17.3. The molecular weight excluding hydrogens is 384 g/mol. The van der Waals surface area contributed by atoms with Gasteiger partial charge in [-0.3, -0.25) is 5.10 Å². The van der Waals surface area contributed by atoms with Gasteiger partial charge in [0.1, 0.15) is 22.9 Å². The summed E-state index contributed by atoms with van der Waals surface area (Å²) in [7, 11) is 1.62. The molecule has 8 heteroatoms. The zero-order valence-corrected chi connectivity index (χ0v) is 18.4. The number of hydrogen-bond donors (Lipinski definition) is 2. The van der Waals surface area contributed by atoms with Crippen LogP contribution in [-0.2, 0) is 4.74 Å². The van der Waals surface area contributed by atoms with Crippen LogP contribution in [0.15, 0.2) is 18.2 Å². The van der Waals surface area contributed by atoms with E-state index in [-0.39, 0.29) is 12.0 Å². The molecule has 0 saturated carbocycles. The molecule has 1 amide bonds. The number of benzene rings is 1. The van der Waals surface area contributed by atoms with Crippen molar-refractivity contribution >= 4 is 11.9 Å². The topological polar surface area (TPSA) is 103 Å². The molecule has 3 N–H and O–H groups in total. The lowest BCUT2D eigenvalue weighted by Crippen LogP contribution is -2.44. The molecule has 8 nitrogen and oxygen atoms in total. The van der Waals surface area contributed by atoms with Crippen LogP contribution in [0.4, 0.5) is 10.6 Å². The van der Waals surface area contributed by atoms with Crippen LogP contribution in [0.5, 0.6) is 11.5 Å². The fraction of sp³-hybridized carbons (Fsp3) is 0.545. The molecule has 1 aromatic heterocycles. The van der Waals surface area contributed by atoms with E-state index in [9.17, 15) is 4.79 Å². The second kappa shape index (κ2) is 8.85. The molecule has 0 aliphatic carbocycles.